The summed E-state index contributed by atoms with van der Waals surface area (Å²) in [6.07, 6.45) is 4.01. The van der Waals surface area contributed by atoms with E-state index in [9.17, 15) is 9.59 Å². The highest BCUT2D eigenvalue weighted by molar-refractivity contribution is 6.03. The number of anilines is 1. The molecule has 0 spiro atoms. The van der Waals surface area contributed by atoms with Gasteiger partial charge in [0.25, 0.3) is 5.91 Å². The number of hydrogen-bond donors (Lipinski definition) is 2. The van der Waals surface area contributed by atoms with Gasteiger partial charge in [0.05, 0.1) is 11.6 Å². The van der Waals surface area contributed by atoms with Crippen LogP contribution in [0.15, 0.2) is 39.7 Å². The molecule has 26 heavy (non-hydrogen) atoms. The number of oxazole rings is 1. The van der Waals surface area contributed by atoms with Crippen LogP contribution in [0.4, 0.5) is 5.69 Å². The van der Waals surface area contributed by atoms with Crippen LogP contribution in [0.1, 0.15) is 29.4 Å². The maximum atomic E-state index is 12.4. The second-order valence-corrected chi connectivity index (χ2v) is 6.24. The van der Waals surface area contributed by atoms with Crippen molar-refractivity contribution in [3.63, 3.8) is 0 Å². The summed E-state index contributed by atoms with van der Waals surface area (Å²) in [4.78, 5) is 24.0. The van der Waals surface area contributed by atoms with E-state index in [1.165, 1.54) is 4.57 Å². The molecule has 2 N–H and O–H groups in total. The van der Waals surface area contributed by atoms with Gasteiger partial charge in [-0.1, -0.05) is 0 Å². The van der Waals surface area contributed by atoms with Crippen LogP contribution in [0.25, 0.3) is 11.1 Å². The lowest BCUT2D eigenvalue weighted by atomic mass is 10.1. The Morgan fingerprint density at radius 2 is 2.23 bits per heavy atom. The van der Waals surface area contributed by atoms with E-state index >= 15 is 0 Å². The van der Waals surface area contributed by atoms with Crippen LogP contribution >= 0.6 is 12.4 Å². The summed E-state index contributed by atoms with van der Waals surface area (Å²) < 4.78 is 8.34. The first-order valence-electron chi connectivity index (χ1n) is 8.28. The van der Waals surface area contributed by atoms with Gasteiger partial charge < -0.3 is 15.1 Å². The lowest BCUT2D eigenvalue weighted by molar-refractivity contribution is 0.102. The Hall–Kier alpha value is -2.58. The van der Waals surface area contributed by atoms with Crippen LogP contribution in [0, 0.1) is 0 Å². The zero-order chi connectivity index (χ0) is 17.4. The van der Waals surface area contributed by atoms with Crippen LogP contribution in [-0.4, -0.2) is 33.3 Å². The Morgan fingerprint density at radius 1 is 1.38 bits per heavy atom. The molecule has 1 fully saturated rings. The highest BCUT2D eigenvalue weighted by Crippen LogP contribution is 2.19. The first kappa shape index (κ1) is 18.2. The monoisotopic (exact) mass is 377 g/mol. The van der Waals surface area contributed by atoms with Gasteiger partial charge in [0, 0.05) is 25.5 Å². The third-order valence-electron chi connectivity index (χ3n) is 4.54. The maximum absolute atomic E-state index is 12.4. The van der Waals surface area contributed by atoms with Crippen molar-refractivity contribution in [3.8, 4) is 0 Å². The van der Waals surface area contributed by atoms with Crippen molar-refractivity contribution < 1.29 is 9.21 Å². The van der Waals surface area contributed by atoms with Crippen LogP contribution in [0.3, 0.4) is 0 Å². The Labute approximate surface area is 155 Å². The van der Waals surface area contributed by atoms with Gasteiger partial charge in [-0.25, -0.2) is 4.79 Å². The zero-order valence-corrected chi connectivity index (χ0v) is 15.1. The van der Waals surface area contributed by atoms with E-state index in [1.807, 2.05) is 10.9 Å². The second kappa shape index (κ2) is 7.35. The molecule has 9 heteroatoms. The number of aromatic nitrogens is 3. The lowest BCUT2D eigenvalue weighted by Gasteiger charge is -2.22. The number of nitrogens with zero attached hydrogens (tertiary/aromatic N) is 3. The van der Waals surface area contributed by atoms with Crippen molar-refractivity contribution in [2.24, 2.45) is 7.05 Å². The molecule has 1 atom stereocenters. The lowest BCUT2D eigenvalue weighted by Crippen LogP contribution is -2.32. The molecule has 1 aromatic carbocycles. The highest BCUT2D eigenvalue weighted by atomic mass is 35.5. The summed E-state index contributed by atoms with van der Waals surface area (Å²) in [6.45, 7) is 1.90. The predicted octanol–water partition coefficient (Wildman–Crippen LogP) is 1.93. The Kier molecular flexibility index (Phi) is 5.15. The number of carbonyl (C=O) groups is 1. The molecule has 4 rings (SSSR count). The number of fused-ring (bicyclic) bond motifs is 1. The van der Waals surface area contributed by atoms with Gasteiger partial charge in [-0.05, 0) is 43.7 Å². The molecule has 1 saturated heterocycles. The first-order valence-corrected chi connectivity index (χ1v) is 8.28. The van der Waals surface area contributed by atoms with Gasteiger partial charge in [-0.15, -0.1) is 12.4 Å². The van der Waals surface area contributed by atoms with Gasteiger partial charge in [0.15, 0.2) is 11.3 Å². The van der Waals surface area contributed by atoms with Crippen LogP contribution in [-0.2, 0) is 7.05 Å². The molecule has 2 aromatic heterocycles. The van der Waals surface area contributed by atoms with E-state index in [0.29, 0.717) is 22.5 Å². The molecule has 1 unspecified atom stereocenters. The molecule has 0 aliphatic carbocycles. The minimum Gasteiger partial charge on any atom is -0.408 e. The molecular weight excluding hydrogens is 358 g/mol. The second-order valence-electron chi connectivity index (χ2n) is 6.24. The van der Waals surface area contributed by atoms with Crippen molar-refractivity contribution in [2.75, 3.05) is 18.4 Å². The number of benzene rings is 1. The van der Waals surface area contributed by atoms with Gasteiger partial charge in [-0.3, -0.25) is 14.0 Å². The Morgan fingerprint density at radius 3 is 3.00 bits per heavy atom. The number of piperidine rings is 1. The largest absolute Gasteiger partial charge is 0.419 e. The summed E-state index contributed by atoms with van der Waals surface area (Å²) >= 11 is 0. The van der Waals surface area contributed by atoms with Crippen molar-refractivity contribution in [3.05, 3.63) is 46.7 Å². The summed E-state index contributed by atoms with van der Waals surface area (Å²) in [5.41, 5.74) is 2.07. The Bertz CT molecular complexity index is 984. The first-order chi connectivity index (χ1) is 12.1. The number of aryl methyl sites for hydroxylation is 1. The fraction of sp³-hybridized carbons (Fsp3) is 0.353. The minimum atomic E-state index is -0.432. The molecule has 1 aliphatic rings. The topological polar surface area (TPSA) is 94.1 Å². The predicted molar refractivity (Wildman–Crippen MR) is 100 cm³/mol. The average Bonchev–Trinajstić information content (AvgIpc) is 3.22. The fourth-order valence-corrected chi connectivity index (χ4v) is 3.12. The summed E-state index contributed by atoms with van der Waals surface area (Å²) in [5.74, 6) is -0.714. The summed E-state index contributed by atoms with van der Waals surface area (Å²) in [7, 11) is 1.62. The van der Waals surface area contributed by atoms with Gasteiger partial charge >= 0.3 is 5.76 Å². The van der Waals surface area contributed by atoms with E-state index < -0.39 is 5.76 Å². The van der Waals surface area contributed by atoms with Crippen molar-refractivity contribution in [1.82, 2.24) is 19.7 Å². The molecule has 8 nitrogen and oxygen atoms in total. The molecule has 0 bridgehead atoms. The molecular formula is C17H20ClN5O3. The van der Waals surface area contributed by atoms with Crippen LogP contribution in [0.2, 0.25) is 0 Å². The van der Waals surface area contributed by atoms with Crippen molar-refractivity contribution in [1.29, 1.82) is 0 Å². The van der Waals surface area contributed by atoms with Crippen molar-refractivity contribution >= 4 is 35.1 Å². The molecule has 138 valence electrons. The van der Waals surface area contributed by atoms with Gasteiger partial charge in [-0.2, -0.15) is 5.10 Å². The SMILES string of the molecule is Cl.Cn1c(=O)oc2ccc(NC(=O)c3ccn(C4CCCNC4)n3)cc21. The average molecular weight is 378 g/mol. The normalized spacial score (nSPS) is 17.0. The van der Waals surface area contributed by atoms with E-state index in [2.05, 4.69) is 15.7 Å². The third-order valence-corrected chi connectivity index (χ3v) is 4.54. The molecule has 0 saturated carbocycles. The van der Waals surface area contributed by atoms with E-state index in [1.54, 1.807) is 31.3 Å². The smallest absolute Gasteiger partial charge is 0.408 e. The Balaban J connectivity index is 0.00000196. The maximum Gasteiger partial charge on any atom is 0.419 e. The molecule has 1 aliphatic heterocycles. The van der Waals surface area contributed by atoms with Crippen LogP contribution < -0.4 is 16.4 Å². The zero-order valence-electron chi connectivity index (χ0n) is 14.3. The number of carbonyl (C=O) groups excluding carboxylic acids is 1. The van der Waals surface area contributed by atoms with Gasteiger partial charge in [0.1, 0.15) is 0 Å². The highest BCUT2D eigenvalue weighted by Gasteiger charge is 2.18. The molecule has 3 heterocycles. The van der Waals surface area contributed by atoms with E-state index in [0.717, 1.165) is 25.9 Å². The summed E-state index contributed by atoms with van der Waals surface area (Å²) in [5, 5.41) is 10.6. The molecule has 0 radical (unpaired) electrons. The van der Waals surface area contributed by atoms with E-state index in [4.69, 9.17) is 4.42 Å². The number of rotatable bonds is 3. The molecule has 1 amide bonds. The third kappa shape index (κ3) is 3.38. The number of amides is 1. The number of nitrogens with one attached hydrogen (secondary N) is 2. The summed E-state index contributed by atoms with van der Waals surface area (Å²) in [6, 6.07) is 7.08. The minimum absolute atomic E-state index is 0. The molecule has 3 aromatic rings. The van der Waals surface area contributed by atoms with Crippen molar-refractivity contribution in [2.45, 2.75) is 18.9 Å². The quantitative estimate of drug-likeness (QED) is 0.727. The van der Waals surface area contributed by atoms with Gasteiger partial charge in [0.2, 0.25) is 0 Å². The number of hydrogen-bond acceptors (Lipinski definition) is 5. The number of halogens is 1. The standard InChI is InChI=1S/C17H19N5O3.ClH/c1-21-14-9-11(4-5-15(14)25-17(21)24)19-16(23)13-6-8-22(20-13)12-3-2-7-18-10-12;/h4-6,8-9,12,18H,2-3,7,10H2,1H3,(H,19,23);1H. The van der Waals surface area contributed by atoms with Crippen LogP contribution in [0.5, 0.6) is 0 Å². The fourth-order valence-electron chi connectivity index (χ4n) is 3.12. The van der Waals surface area contributed by atoms with E-state index in [-0.39, 0.29) is 24.4 Å².